The van der Waals surface area contributed by atoms with Gasteiger partial charge in [0.25, 0.3) is 0 Å². The van der Waals surface area contributed by atoms with Gasteiger partial charge in [0.05, 0.1) is 5.39 Å². The number of aromatic nitrogens is 2. The highest BCUT2D eigenvalue weighted by molar-refractivity contribution is 7.89. The van der Waals surface area contributed by atoms with Crippen LogP contribution in [0.4, 0.5) is 14.6 Å². The lowest BCUT2D eigenvalue weighted by atomic mass is 10.3. The molecule has 3 aromatic rings. The molecule has 1 aliphatic heterocycles. The van der Waals surface area contributed by atoms with Gasteiger partial charge in [0.15, 0.2) is 0 Å². The summed E-state index contributed by atoms with van der Waals surface area (Å²) in [5.74, 6) is -1.13. The van der Waals surface area contributed by atoms with Gasteiger partial charge >= 0.3 is 0 Å². The van der Waals surface area contributed by atoms with Crippen LogP contribution in [0.3, 0.4) is 0 Å². The molecule has 0 bridgehead atoms. The first kappa shape index (κ1) is 17.3. The van der Waals surface area contributed by atoms with Crippen molar-refractivity contribution in [3.05, 3.63) is 47.6 Å². The quantitative estimate of drug-likeness (QED) is 0.681. The number of nitrogens with zero attached hydrogens (tertiary/aromatic N) is 4. The van der Waals surface area contributed by atoms with Crippen molar-refractivity contribution in [2.45, 2.75) is 4.90 Å². The molecule has 0 N–H and O–H groups in total. The Balaban J connectivity index is 1.55. The zero-order valence-electron chi connectivity index (χ0n) is 13.5. The highest BCUT2D eigenvalue weighted by Crippen LogP contribution is 2.28. The number of piperazine rings is 1. The molecule has 0 amide bonds. The van der Waals surface area contributed by atoms with E-state index in [2.05, 4.69) is 9.97 Å². The minimum absolute atomic E-state index is 0.189. The molecule has 3 heterocycles. The van der Waals surface area contributed by atoms with E-state index in [0.29, 0.717) is 19.2 Å². The van der Waals surface area contributed by atoms with Crippen LogP contribution in [0.15, 0.2) is 40.9 Å². The SMILES string of the molecule is O=S(=O)(c1ccc(F)cc1F)N1CCN(c2ncnc3sccc23)CC1. The number of thiophene rings is 1. The van der Waals surface area contributed by atoms with Gasteiger partial charge in [-0.1, -0.05) is 0 Å². The van der Waals surface area contributed by atoms with Crippen molar-refractivity contribution in [2.24, 2.45) is 0 Å². The maximum absolute atomic E-state index is 13.9. The van der Waals surface area contributed by atoms with E-state index in [0.717, 1.165) is 28.2 Å². The Hall–Kier alpha value is -2.17. The normalized spacial score (nSPS) is 16.3. The highest BCUT2D eigenvalue weighted by Gasteiger charge is 2.31. The van der Waals surface area contributed by atoms with Crippen molar-refractivity contribution in [3.63, 3.8) is 0 Å². The van der Waals surface area contributed by atoms with Crippen LogP contribution in [-0.4, -0.2) is 48.9 Å². The minimum Gasteiger partial charge on any atom is -0.353 e. The third-order valence-electron chi connectivity index (χ3n) is 4.29. The molecule has 0 spiro atoms. The van der Waals surface area contributed by atoms with Crippen LogP contribution in [0, 0.1) is 11.6 Å². The highest BCUT2D eigenvalue weighted by atomic mass is 32.2. The van der Waals surface area contributed by atoms with Crippen molar-refractivity contribution in [2.75, 3.05) is 31.1 Å². The first-order valence-electron chi connectivity index (χ1n) is 7.85. The summed E-state index contributed by atoms with van der Waals surface area (Å²) in [5.41, 5.74) is 0. The van der Waals surface area contributed by atoms with Crippen molar-refractivity contribution in [1.29, 1.82) is 0 Å². The maximum Gasteiger partial charge on any atom is 0.246 e. The van der Waals surface area contributed by atoms with E-state index in [-0.39, 0.29) is 13.1 Å². The second-order valence-corrected chi connectivity index (χ2v) is 8.60. The average Bonchev–Trinajstić information content (AvgIpc) is 3.10. The largest absolute Gasteiger partial charge is 0.353 e. The molecule has 1 aliphatic rings. The van der Waals surface area contributed by atoms with Gasteiger partial charge in [-0.25, -0.2) is 27.2 Å². The Labute approximate surface area is 152 Å². The standard InChI is InChI=1S/C16H14F2N4O2S2/c17-11-1-2-14(13(18)9-11)26(23,24)22-6-4-21(5-7-22)15-12-3-8-25-16(12)20-10-19-15/h1-3,8-10H,4-7H2. The first-order valence-corrected chi connectivity index (χ1v) is 10.2. The van der Waals surface area contributed by atoms with Crippen molar-refractivity contribution >= 4 is 37.4 Å². The van der Waals surface area contributed by atoms with Gasteiger partial charge in [0, 0.05) is 32.2 Å². The number of sulfonamides is 1. The summed E-state index contributed by atoms with van der Waals surface area (Å²) in [6.07, 6.45) is 1.49. The molecule has 4 rings (SSSR count). The molecule has 0 aliphatic carbocycles. The number of benzene rings is 1. The van der Waals surface area contributed by atoms with Gasteiger partial charge in [-0.2, -0.15) is 4.31 Å². The number of rotatable bonds is 3. The fourth-order valence-corrected chi connectivity index (χ4v) is 5.19. The van der Waals surface area contributed by atoms with Gasteiger partial charge in [-0.3, -0.25) is 0 Å². The van der Waals surface area contributed by atoms with E-state index in [4.69, 9.17) is 0 Å². The summed E-state index contributed by atoms with van der Waals surface area (Å²) in [7, 11) is -4.01. The number of hydrogen-bond donors (Lipinski definition) is 0. The van der Waals surface area contributed by atoms with Crippen LogP contribution in [0.5, 0.6) is 0 Å². The Morgan fingerprint density at radius 1 is 1.04 bits per heavy atom. The molecule has 0 saturated carbocycles. The molecule has 1 fully saturated rings. The Morgan fingerprint density at radius 2 is 1.81 bits per heavy atom. The summed E-state index contributed by atoms with van der Waals surface area (Å²) in [4.78, 5) is 10.9. The van der Waals surface area contributed by atoms with E-state index < -0.39 is 26.6 Å². The van der Waals surface area contributed by atoms with Crippen LogP contribution in [0.2, 0.25) is 0 Å². The molecule has 1 aromatic carbocycles. The number of fused-ring (bicyclic) bond motifs is 1. The van der Waals surface area contributed by atoms with Crippen molar-refractivity contribution < 1.29 is 17.2 Å². The lowest BCUT2D eigenvalue weighted by Gasteiger charge is -2.34. The summed E-state index contributed by atoms with van der Waals surface area (Å²) in [5, 5.41) is 2.86. The molecule has 0 radical (unpaired) electrons. The van der Waals surface area contributed by atoms with Gasteiger partial charge in [0.1, 0.15) is 33.5 Å². The fraction of sp³-hybridized carbons (Fsp3) is 0.250. The zero-order chi connectivity index (χ0) is 18.3. The smallest absolute Gasteiger partial charge is 0.246 e. The Morgan fingerprint density at radius 3 is 2.54 bits per heavy atom. The molecule has 6 nitrogen and oxygen atoms in total. The number of hydrogen-bond acceptors (Lipinski definition) is 6. The van der Waals surface area contributed by atoms with Gasteiger partial charge < -0.3 is 4.90 Å². The van der Waals surface area contributed by atoms with E-state index in [1.165, 1.54) is 22.0 Å². The van der Waals surface area contributed by atoms with Crippen molar-refractivity contribution in [3.8, 4) is 0 Å². The van der Waals surface area contributed by atoms with E-state index in [9.17, 15) is 17.2 Å². The second kappa shape index (κ2) is 6.53. The lowest BCUT2D eigenvalue weighted by molar-refractivity contribution is 0.381. The first-order chi connectivity index (χ1) is 12.5. The van der Waals surface area contributed by atoms with Gasteiger partial charge in [-0.05, 0) is 23.6 Å². The van der Waals surface area contributed by atoms with Crippen LogP contribution < -0.4 is 4.90 Å². The topological polar surface area (TPSA) is 66.4 Å². The Kier molecular flexibility index (Phi) is 4.33. The lowest BCUT2D eigenvalue weighted by Crippen LogP contribution is -2.49. The number of anilines is 1. The summed E-state index contributed by atoms with van der Waals surface area (Å²) in [6, 6.07) is 4.43. The van der Waals surface area contributed by atoms with Crippen LogP contribution >= 0.6 is 11.3 Å². The third kappa shape index (κ3) is 2.93. The monoisotopic (exact) mass is 396 g/mol. The summed E-state index contributed by atoms with van der Waals surface area (Å²) >= 11 is 1.51. The predicted molar refractivity (Wildman–Crippen MR) is 94.7 cm³/mol. The molecular weight excluding hydrogens is 382 g/mol. The molecule has 0 unspecified atom stereocenters. The summed E-state index contributed by atoms with van der Waals surface area (Å²) < 4.78 is 53.5. The second-order valence-electron chi connectivity index (χ2n) is 5.80. The molecule has 10 heteroatoms. The van der Waals surface area contributed by atoms with E-state index in [1.807, 2.05) is 16.3 Å². The third-order valence-corrected chi connectivity index (χ3v) is 7.04. The number of halogens is 2. The van der Waals surface area contributed by atoms with E-state index >= 15 is 0 Å². The molecule has 1 saturated heterocycles. The van der Waals surface area contributed by atoms with Crippen LogP contribution in [0.25, 0.3) is 10.2 Å². The van der Waals surface area contributed by atoms with Gasteiger partial charge in [-0.15, -0.1) is 11.3 Å². The van der Waals surface area contributed by atoms with Crippen LogP contribution in [0.1, 0.15) is 0 Å². The molecular formula is C16H14F2N4O2S2. The molecule has 26 heavy (non-hydrogen) atoms. The molecule has 136 valence electrons. The van der Waals surface area contributed by atoms with Gasteiger partial charge in [0.2, 0.25) is 10.0 Å². The fourth-order valence-electron chi connectivity index (χ4n) is 2.99. The Bertz CT molecular complexity index is 1060. The zero-order valence-corrected chi connectivity index (χ0v) is 15.1. The molecule has 2 aromatic heterocycles. The predicted octanol–water partition coefficient (Wildman–Crippen LogP) is 2.48. The minimum atomic E-state index is -4.01. The summed E-state index contributed by atoms with van der Waals surface area (Å²) in [6.45, 7) is 1.22. The van der Waals surface area contributed by atoms with Crippen molar-refractivity contribution in [1.82, 2.24) is 14.3 Å². The van der Waals surface area contributed by atoms with Crippen LogP contribution in [-0.2, 0) is 10.0 Å². The molecule has 0 atom stereocenters. The van der Waals surface area contributed by atoms with E-state index in [1.54, 1.807) is 0 Å². The average molecular weight is 396 g/mol. The maximum atomic E-state index is 13.9.